The van der Waals surface area contributed by atoms with E-state index in [-0.39, 0.29) is 35.4 Å². The Kier molecular flexibility index (Phi) is 5.47. The molecule has 0 unspecified atom stereocenters. The van der Waals surface area contributed by atoms with Gasteiger partial charge in [-0.25, -0.2) is 0 Å². The lowest BCUT2D eigenvalue weighted by molar-refractivity contribution is -0.142. The number of likely N-dealkylation sites (N-methyl/N-ethyl adjacent to an activating group) is 1. The van der Waals surface area contributed by atoms with Crippen molar-refractivity contribution in [3.8, 4) is 5.75 Å². The van der Waals surface area contributed by atoms with Gasteiger partial charge in [0, 0.05) is 39.8 Å². The summed E-state index contributed by atoms with van der Waals surface area (Å²) in [7, 11) is 1.81. The molecule has 0 radical (unpaired) electrons. The van der Waals surface area contributed by atoms with Crippen LogP contribution < -0.4 is 0 Å². The topological polar surface area (TPSA) is 64.1 Å². The second-order valence-corrected chi connectivity index (χ2v) is 8.38. The Bertz CT molecular complexity index is 744. The van der Waals surface area contributed by atoms with E-state index < -0.39 is 0 Å². The van der Waals surface area contributed by atoms with E-state index >= 15 is 0 Å². The third-order valence-corrected chi connectivity index (χ3v) is 5.84. The normalized spacial score (nSPS) is 21.1. The van der Waals surface area contributed by atoms with Gasteiger partial charge in [-0.2, -0.15) is 0 Å². The smallest absolute Gasteiger partial charge is 0.257 e. The van der Waals surface area contributed by atoms with E-state index in [9.17, 15) is 14.7 Å². The van der Waals surface area contributed by atoms with Crippen molar-refractivity contribution in [3.05, 3.63) is 28.8 Å². The van der Waals surface area contributed by atoms with Crippen LogP contribution in [0.2, 0.25) is 0 Å². The number of hydrogen-bond acceptors (Lipinski definition) is 4. The van der Waals surface area contributed by atoms with Gasteiger partial charge in [-0.1, -0.05) is 33.8 Å². The molecule has 1 aromatic carbocycles. The van der Waals surface area contributed by atoms with Crippen LogP contribution in [0.1, 0.15) is 61.0 Å². The van der Waals surface area contributed by atoms with Crippen LogP contribution in [0.25, 0.3) is 0 Å². The molecule has 0 aliphatic carbocycles. The maximum Gasteiger partial charge on any atom is 0.257 e. The number of hydrogen-bond donors (Lipinski definition) is 1. The number of carbonyl (C=O) groups excluding carboxylic acids is 2. The molecule has 2 heterocycles. The van der Waals surface area contributed by atoms with E-state index in [4.69, 9.17) is 0 Å². The average molecular weight is 373 g/mol. The lowest BCUT2D eigenvalue weighted by Gasteiger charge is -2.45. The monoisotopic (exact) mass is 373 g/mol. The van der Waals surface area contributed by atoms with Crippen LogP contribution in [0.3, 0.4) is 0 Å². The van der Waals surface area contributed by atoms with Gasteiger partial charge in [0.15, 0.2) is 0 Å². The molecule has 2 saturated heterocycles. The number of phenolic OH excluding ortho intramolecular Hbond substituents is 1. The summed E-state index contributed by atoms with van der Waals surface area (Å²) in [6.45, 7) is 11.4. The molecular formula is C21H31N3O3. The summed E-state index contributed by atoms with van der Waals surface area (Å²) in [6, 6.07) is 3.54. The highest BCUT2D eigenvalue weighted by molar-refractivity contribution is 5.98. The Morgan fingerprint density at radius 1 is 1.07 bits per heavy atom. The van der Waals surface area contributed by atoms with E-state index in [1.165, 1.54) is 0 Å². The molecule has 6 nitrogen and oxygen atoms in total. The first-order valence-electron chi connectivity index (χ1n) is 9.85. The number of rotatable bonds is 3. The van der Waals surface area contributed by atoms with Crippen molar-refractivity contribution in [2.45, 2.75) is 45.6 Å². The van der Waals surface area contributed by atoms with Crippen molar-refractivity contribution in [1.82, 2.24) is 14.7 Å². The first-order chi connectivity index (χ1) is 12.7. The number of carbonyl (C=O) groups is 2. The third kappa shape index (κ3) is 3.68. The van der Waals surface area contributed by atoms with Crippen LogP contribution in [0.4, 0.5) is 0 Å². The first kappa shape index (κ1) is 19.7. The fourth-order valence-corrected chi connectivity index (χ4v) is 3.94. The van der Waals surface area contributed by atoms with Gasteiger partial charge in [0.2, 0.25) is 5.91 Å². The quantitative estimate of drug-likeness (QED) is 0.883. The van der Waals surface area contributed by atoms with E-state index in [0.717, 1.165) is 24.2 Å². The lowest BCUT2D eigenvalue weighted by Crippen LogP contribution is -2.64. The molecule has 0 bridgehead atoms. The van der Waals surface area contributed by atoms with E-state index in [1.807, 2.05) is 33.0 Å². The molecule has 2 aliphatic heterocycles. The fourth-order valence-electron chi connectivity index (χ4n) is 3.94. The molecule has 0 saturated carbocycles. The molecule has 27 heavy (non-hydrogen) atoms. The second-order valence-electron chi connectivity index (χ2n) is 8.38. The molecule has 1 aromatic rings. The number of amides is 2. The van der Waals surface area contributed by atoms with Gasteiger partial charge in [0.25, 0.3) is 5.91 Å². The number of aromatic hydroxyl groups is 1. The Morgan fingerprint density at radius 2 is 1.74 bits per heavy atom. The molecule has 1 atom stereocenters. The van der Waals surface area contributed by atoms with Crippen LogP contribution in [-0.2, 0) is 4.79 Å². The van der Waals surface area contributed by atoms with Crippen LogP contribution in [-0.4, -0.2) is 77.4 Å². The van der Waals surface area contributed by atoms with E-state index in [0.29, 0.717) is 25.2 Å². The summed E-state index contributed by atoms with van der Waals surface area (Å²) in [5.41, 5.74) is 2.21. The lowest BCUT2D eigenvalue weighted by atomic mass is 9.91. The third-order valence-electron chi connectivity index (χ3n) is 5.84. The van der Waals surface area contributed by atoms with E-state index in [2.05, 4.69) is 18.7 Å². The number of fused-ring (bicyclic) bond motifs is 1. The van der Waals surface area contributed by atoms with Gasteiger partial charge in [0.05, 0.1) is 5.56 Å². The van der Waals surface area contributed by atoms with Crippen molar-refractivity contribution < 1.29 is 14.7 Å². The molecule has 0 aromatic heterocycles. The fraction of sp³-hybridized carbons (Fsp3) is 0.619. The summed E-state index contributed by atoms with van der Waals surface area (Å²) in [5.74, 6) is 0.356. The molecule has 3 rings (SSSR count). The molecule has 2 fully saturated rings. The number of phenols is 1. The van der Waals surface area contributed by atoms with Crippen molar-refractivity contribution >= 4 is 11.8 Å². The summed E-state index contributed by atoms with van der Waals surface area (Å²) in [4.78, 5) is 31.4. The molecule has 0 spiro atoms. The minimum atomic E-state index is -0.276. The van der Waals surface area contributed by atoms with Crippen molar-refractivity contribution in [3.63, 3.8) is 0 Å². The molecule has 148 valence electrons. The predicted octanol–water partition coefficient (Wildman–Crippen LogP) is 2.24. The summed E-state index contributed by atoms with van der Waals surface area (Å²) in [6.07, 6.45) is 0. The molecule has 6 heteroatoms. The zero-order valence-electron chi connectivity index (χ0n) is 17.0. The molecule has 2 amide bonds. The first-order valence-corrected chi connectivity index (χ1v) is 9.85. The molecular weight excluding hydrogens is 342 g/mol. The number of piperazine rings is 2. The molecule has 1 N–H and O–H groups in total. The minimum Gasteiger partial charge on any atom is -0.507 e. The summed E-state index contributed by atoms with van der Waals surface area (Å²) < 4.78 is 0. The SMILES string of the molecule is CC(C)c1cc(C(=O)N2CCN3CCN(C)C(=O)[C@H]3C2)c(O)c(C(C)C)c1. The van der Waals surface area contributed by atoms with Gasteiger partial charge in [-0.3, -0.25) is 14.5 Å². The molecule has 2 aliphatic rings. The van der Waals surface area contributed by atoms with Gasteiger partial charge >= 0.3 is 0 Å². The zero-order chi connectivity index (χ0) is 19.9. The minimum absolute atomic E-state index is 0.0711. The number of nitrogens with zero attached hydrogens (tertiary/aromatic N) is 3. The van der Waals surface area contributed by atoms with Crippen molar-refractivity contribution in [1.29, 1.82) is 0 Å². The Balaban J connectivity index is 1.90. The van der Waals surface area contributed by atoms with Gasteiger partial charge in [0.1, 0.15) is 11.8 Å². The van der Waals surface area contributed by atoms with Gasteiger partial charge in [-0.15, -0.1) is 0 Å². The highest BCUT2D eigenvalue weighted by Gasteiger charge is 2.39. The predicted molar refractivity (Wildman–Crippen MR) is 105 cm³/mol. The highest BCUT2D eigenvalue weighted by atomic mass is 16.3. The van der Waals surface area contributed by atoms with Crippen molar-refractivity contribution in [2.24, 2.45) is 0 Å². The van der Waals surface area contributed by atoms with E-state index in [1.54, 1.807) is 9.80 Å². The Labute approximate surface area is 161 Å². The average Bonchev–Trinajstić information content (AvgIpc) is 2.63. The van der Waals surface area contributed by atoms with Gasteiger partial charge < -0.3 is 14.9 Å². The Morgan fingerprint density at radius 3 is 2.37 bits per heavy atom. The van der Waals surface area contributed by atoms with Crippen LogP contribution in [0.5, 0.6) is 5.75 Å². The van der Waals surface area contributed by atoms with Crippen molar-refractivity contribution in [2.75, 3.05) is 39.8 Å². The standard InChI is InChI=1S/C21H31N3O3/c1-13(2)15-10-16(14(3)4)19(25)17(11-15)20(26)24-9-8-23-7-6-22(5)21(27)18(23)12-24/h10-11,13-14,18,25H,6-9,12H2,1-5H3/t18-/m1/s1. The van der Waals surface area contributed by atoms with Crippen LogP contribution in [0, 0.1) is 0 Å². The number of benzene rings is 1. The van der Waals surface area contributed by atoms with Crippen LogP contribution >= 0.6 is 0 Å². The zero-order valence-corrected chi connectivity index (χ0v) is 17.0. The van der Waals surface area contributed by atoms with Crippen LogP contribution in [0.15, 0.2) is 12.1 Å². The Hall–Kier alpha value is -2.08. The van der Waals surface area contributed by atoms with Gasteiger partial charge in [-0.05, 0) is 29.0 Å². The second kappa shape index (κ2) is 7.50. The largest absolute Gasteiger partial charge is 0.507 e. The summed E-state index contributed by atoms with van der Waals surface area (Å²) in [5, 5.41) is 10.8. The summed E-state index contributed by atoms with van der Waals surface area (Å²) >= 11 is 0. The maximum absolute atomic E-state index is 13.3. The highest BCUT2D eigenvalue weighted by Crippen LogP contribution is 2.34. The maximum atomic E-state index is 13.3.